The number of pyridine rings is 1. The van der Waals surface area contributed by atoms with Crippen LogP contribution in [0.1, 0.15) is 5.56 Å². The molecule has 76 valence electrons. The molecule has 0 fully saturated rings. The van der Waals surface area contributed by atoms with Crippen LogP contribution in [0.3, 0.4) is 0 Å². The first-order valence-corrected chi connectivity index (χ1v) is 5.40. The van der Waals surface area contributed by atoms with E-state index in [1.54, 1.807) is 34.4 Å². The average molecular weight is 227 g/mol. The topological polar surface area (TPSA) is 66.9 Å². The molecule has 0 aliphatic carbocycles. The maximum Gasteiger partial charge on any atom is 0.180 e. The summed E-state index contributed by atoms with van der Waals surface area (Å²) >= 11 is 1.49. The number of rotatable bonds is 1. The highest BCUT2D eigenvalue weighted by Gasteiger charge is 2.09. The lowest BCUT2D eigenvalue weighted by Crippen LogP contribution is -1.89. The second-order valence-corrected chi connectivity index (χ2v) is 4.03. The molecule has 16 heavy (non-hydrogen) atoms. The van der Waals surface area contributed by atoms with Gasteiger partial charge in [-0.25, -0.2) is 0 Å². The Balaban J connectivity index is 2.31. The SMILES string of the molecule is N#Cc1ccc2nnc(-c3cncs3)n2c1. The first kappa shape index (κ1) is 9.00. The summed E-state index contributed by atoms with van der Waals surface area (Å²) in [5, 5.41) is 17.0. The van der Waals surface area contributed by atoms with E-state index < -0.39 is 0 Å². The molecule has 0 bridgehead atoms. The fourth-order valence-electron chi connectivity index (χ4n) is 1.45. The lowest BCUT2D eigenvalue weighted by molar-refractivity contribution is 1.11. The Morgan fingerprint density at radius 2 is 2.25 bits per heavy atom. The third kappa shape index (κ3) is 1.26. The van der Waals surface area contributed by atoms with Gasteiger partial charge in [0.05, 0.1) is 16.0 Å². The molecule has 0 radical (unpaired) electrons. The number of hydrogen-bond acceptors (Lipinski definition) is 5. The van der Waals surface area contributed by atoms with Gasteiger partial charge < -0.3 is 0 Å². The standard InChI is InChI=1S/C10H5N5S/c11-3-7-1-2-9-13-14-10(15(9)5-7)8-4-12-6-16-8/h1-2,4-6H. The van der Waals surface area contributed by atoms with Gasteiger partial charge in [-0.15, -0.1) is 21.5 Å². The molecule has 3 aromatic rings. The van der Waals surface area contributed by atoms with Crippen LogP contribution in [-0.4, -0.2) is 19.6 Å². The zero-order valence-corrected chi connectivity index (χ0v) is 8.85. The Hall–Kier alpha value is -2.26. The van der Waals surface area contributed by atoms with Gasteiger partial charge in [-0.05, 0) is 12.1 Å². The Labute approximate surface area is 94.6 Å². The van der Waals surface area contributed by atoms with E-state index in [0.29, 0.717) is 5.56 Å². The van der Waals surface area contributed by atoms with Gasteiger partial charge in [-0.1, -0.05) is 0 Å². The second-order valence-electron chi connectivity index (χ2n) is 3.15. The predicted molar refractivity (Wildman–Crippen MR) is 58.8 cm³/mol. The highest BCUT2D eigenvalue weighted by Crippen LogP contribution is 2.21. The summed E-state index contributed by atoms with van der Waals surface area (Å²) in [4.78, 5) is 4.93. The summed E-state index contributed by atoms with van der Waals surface area (Å²) in [6.45, 7) is 0. The zero-order valence-electron chi connectivity index (χ0n) is 8.03. The first-order valence-electron chi connectivity index (χ1n) is 4.52. The fourth-order valence-corrected chi connectivity index (χ4v) is 2.05. The van der Waals surface area contributed by atoms with Gasteiger partial charge in [0.2, 0.25) is 0 Å². The van der Waals surface area contributed by atoms with E-state index in [4.69, 9.17) is 5.26 Å². The van der Waals surface area contributed by atoms with E-state index in [2.05, 4.69) is 21.3 Å². The lowest BCUT2D eigenvalue weighted by atomic mass is 10.3. The quantitative estimate of drug-likeness (QED) is 0.635. The van der Waals surface area contributed by atoms with Gasteiger partial charge >= 0.3 is 0 Å². The van der Waals surface area contributed by atoms with Crippen molar-refractivity contribution in [3.63, 3.8) is 0 Å². The van der Waals surface area contributed by atoms with Gasteiger partial charge in [0.25, 0.3) is 0 Å². The van der Waals surface area contributed by atoms with Crippen LogP contribution in [0.5, 0.6) is 0 Å². The summed E-state index contributed by atoms with van der Waals surface area (Å²) in [7, 11) is 0. The summed E-state index contributed by atoms with van der Waals surface area (Å²) in [6.07, 6.45) is 3.46. The van der Waals surface area contributed by atoms with E-state index >= 15 is 0 Å². The van der Waals surface area contributed by atoms with Gasteiger partial charge in [0.1, 0.15) is 6.07 Å². The van der Waals surface area contributed by atoms with Crippen LogP contribution in [0.15, 0.2) is 30.0 Å². The average Bonchev–Trinajstić information content (AvgIpc) is 2.96. The van der Waals surface area contributed by atoms with E-state index in [9.17, 15) is 0 Å². The molecular formula is C10H5N5S. The third-order valence-corrected chi connectivity index (χ3v) is 2.95. The Morgan fingerprint density at radius 3 is 3.00 bits per heavy atom. The molecule has 0 amide bonds. The number of aromatic nitrogens is 4. The molecule has 0 unspecified atom stereocenters. The number of nitriles is 1. The number of fused-ring (bicyclic) bond motifs is 1. The predicted octanol–water partition coefficient (Wildman–Crippen LogP) is 1.72. The normalized spacial score (nSPS) is 10.4. The lowest BCUT2D eigenvalue weighted by Gasteiger charge is -1.96. The van der Waals surface area contributed by atoms with Crippen molar-refractivity contribution in [1.29, 1.82) is 5.26 Å². The molecule has 6 heteroatoms. The van der Waals surface area contributed by atoms with Gasteiger partial charge in [0.15, 0.2) is 11.5 Å². The van der Waals surface area contributed by atoms with Crippen LogP contribution in [-0.2, 0) is 0 Å². The maximum absolute atomic E-state index is 8.84. The Morgan fingerprint density at radius 1 is 1.31 bits per heavy atom. The highest BCUT2D eigenvalue weighted by atomic mass is 32.1. The van der Waals surface area contributed by atoms with Crippen molar-refractivity contribution >= 4 is 17.0 Å². The first-order chi connectivity index (χ1) is 7.88. The van der Waals surface area contributed by atoms with Crippen LogP contribution < -0.4 is 0 Å². The molecule has 0 atom stereocenters. The Kier molecular flexibility index (Phi) is 1.91. The smallest absolute Gasteiger partial charge is 0.180 e. The minimum Gasteiger partial charge on any atom is -0.280 e. The molecule has 0 N–H and O–H groups in total. The summed E-state index contributed by atoms with van der Waals surface area (Å²) in [5.41, 5.74) is 3.05. The second kappa shape index (κ2) is 3.40. The number of nitrogens with zero attached hydrogens (tertiary/aromatic N) is 5. The van der Waals surface area contributed by atoms with E-state index in [1.165, 1.54) is 11.3 Å². The van der Waals surface area contributed by atoms with Gasteiger partial charge in [0, 0.05) is 12.4 Å². The van der Waals surface area contributed by atoms with Gasteiger partial charge in [-0.3, -0.25) is 9.38 Å². The minimum absolute atomic E-state index is 0.582. The molecule has 0 spiro atoms. The van der Waals surface area contributed by atoms with Crippen molar-refractivity contribution in [3.8, 4) is 16.8 Å². The van der Waals surface area contributed by atoms with Gasteiger partial charge in [-0.2, -0.15) is 5.26 Å². The molecule has 3 heterocycles. The zero-order chi connectivity index (χ0) is 11.0. The minimum atomic E-state index is 0.582. The van der Waals surface area contributed by atoms with E-state index in [-0.39, 0.29) is 0 Å². The fraction of sp³-hybridized carbons (Fsp3) is 0. The maximum atomic E-state index is 8.84. The largest absolute Gasteiger partial charge is 0.280 e. The summed E-state index contributed by atoms with van der Waals surface area (Å²) < 4.78 is 1.80. The molecule has 0 aliphatic rings. The van der Waals surface area contributed by atoms with Crippen LogP contribution in [0.2, 0.25) is 0 Å². The van der Waals surface area contributed by atoms with Crippen molar-refractivity contribution in [2.75, 3.05) is 0 Å². The summed E-state index contributed by atoms with van der Waals surface area (Å²) in [5.74, 6) is 0.717. The van der Waals surface area contributed by atoms with Crippen LogP contribution >= 0.6 is 11.3 Å². The molecule has 0 aliphatic heterocycles. The highest BCUT2D eigenvalue weighted by molar-refractivity contribution is 7.13. The third-order valence-electron chi connectivity index (χ3n) is 2.18. The van der Waals surface area contributed by atoms with E-state index in [1.807, 2.05) is 0 Å². The number of thiazole rings is 1. The number of hydrogen-bond donors (Lipinski definition) is 0. The molecule has 0 saturated carbocycles. The summed E-state index contributed by atoms with van der Waals surface area (Å²) in [6, 6.07) is 5.59. The van der Waals surface area contributed by atoms with Crippen LogP contribution in [0.4, 0.5) is 0 Å². The van der Waals surface area contributed by atoms with Crippen molar-refractivity contribution in [3.05, 3.63) is 35.6 Å². The van der Waals surface area contributed by atoms with Crippen LogP contribution in [0.25, 0.3) is 16.3 Å². The van der Waals surface area contributed by atoms with Crippen LogP contribution in [0, 0.1) is 11.3 Å². The molecular weight excluding hydrogens is 222 g/mol. The molecule has 0 aromatic carbocycles. The van der Waals surface area contributed by atoms with Crippen molar-refractivity contribution in [2.45, 2.75) is 0 Å². The van der Waals surface area contributed by atoms with E-state index in [0.717, 1.165) is 16.3 Å². The van der Waals surface area contributed by atoms with Crippen molar-refractivity contribution < 1.29 is 0 Å². The molecule has 5 nitrogen and oxygen atoms in total. The molecule has 0 saturated heterocycles. The monoisotopic (exact) mass is 227 g/mol. The van der Waals surface area contributed by atoms with Crippen molar-refractivity contribution in [1.82, 2.24) is 19.6 Å². The molecule has 3 rings (SSSR count). The van der Waals surface area contributed by atoms with Crippen molar-refractivity contribution in [2.24, 2.45) is 0 Å². The Bertz CT molecular complexity index is 677. The molecule has 3 aromatic heterocycles.